The zero-order chi connectivity index (χ0) is 14.2. The normalized spacial score (nSPS) is 28.8. The molecule has 3 rings (SSSR count). The van der Waals surface area contributed by atoms with E-state index in [9.17, 15) is 5.11 Å². The highest BCUT2D eigenvalue weighted by Crippen LogP contribution is 2.55. The summed E-state index contributed by atoms with van der Waals surface area (Å²) in [5.74, 6) is 1.50. The summed E-state index contributed by atoms with van der Waals surface area (Å²) in [7, 11) is 1.68. The molecule has 1 fully saturated rings. The number of ether oxygens (including phenoxy) is 1. The summed E-state index contributed by atoms with van der Waals surface area (Å²) >= 11 is 0. The monoisotopic (exact) mass is 268 g/mol. The van der Waals surface area contributed by atoms with E-state index in [1.807, 2.05) is 42.5 Å². The van der Waals surface area contributed by atoms with E-state index in [0.717, 1.165) is 17.7 Å². The van der Waals surface area contributed by atoms with Gasteiger partial charge in [-0.3, -0.25) is 0 Å². The Morgan fingerprint density at radius 3 is 2.25 bits per heavy atom. The zero-order valence-corrected chi connectivity index (χ0v) is 11.9. The van der Waals surface area contributed by atoms with Crippen LogP contribution >= 0.6 is 0 Å². The maximum Gasteiger partial charge on any atom is 0.118 e. The highest BCUT2D eigenvalue weighted by atomic mass is 16.5. The lowest BCUT2D eigenvalue weighted by Gasteiger charge is -2.51. The summed E-state index contributed by atoms with van der Waals surface area (Å²) in [5, 5.41) is 10.9. The van der Waals surface area contributed by atoms with E-state index in [1.165, 1.54) is 5.56 Å². The van der Waals surface area contributed by atoms with E-state index < -0.39 is 5.60 Å². The molecule has 1 N–H and O–H groups in total. The molecule has 2 aromatic carbocycles. The summed E-state index contributed by atoms with van der Waals surface area (Å²) in [4.78, 5) is 0. The van der Waals surface area contributed by atoms with Crippen molar-refractivity contribution in [1.82, 2.24) is 0 Å². The third-order valence-electron chi connectivity index (χ3n) is 4.71. The standard InChI is InChI=1S/C18H20O2/c1-13-17(14-8-10-16(20-2)11-9-14)12-18(13,19)15-6-4-3-5-7-15/h3-11,13,17,19H,12H2,1-2H3/t13-,17+,18+/m1/s1. The number of benzene rings is 2. The van der Waals surface area contributed by atoms with Crippen LogP contribution in [0.5, 0.6) is 5.75 Å². The molecule has 2 nitrogen and oxygen atoms in total. The third-order valence-corrected chi connectivity index (χ3v) is 4.71. The van der Waals surface area contributed by atoms with Crippen molar-refractivity contribution in [1.29, 1.82) is 0 Å². The minimum Gasteiger partial charge on any atom is -0.497 e. The Bertz CT molecular complexity index is 576. The molecule has 0 bridgehead atoms. The third kappa shape index (κ3) is 2.01. The SMILES string of the molecule is COc1ccc([C@H]2C[C@@](O)(c3ccccc3)[C@@H]2C)cc1. The first-order valence-corrected chi connectivity index (χ1v) is 7.07. The van der Waals surface area contributed by atoms with Gasteiger partial charge in [-0.05, 0) is 41.5 Å². The average molecular weight is 268 g/mol. The second kappa shape index (κ2) is 4.95. The molecule has 20 heavy (non-hydrogen) atoms. The topological polar surface area (TPSA) is 29.5 Å². The molecule has 3 atom stereocenters. The van der Waals surface area contributed by atoms with Crippen molar-refractivity contribution < 1.29 is 9.84 Å². The van der Waals surface area contributed by atoms with Gasteiger partial charge in [-0.25, -0.2) is 0 Å². The zero-order valence-electron chi connectivity index (χ0n) is 11.9. The van der Waals surface area contributed by atoms with Crippen molar-refractivity contribution in [3.8, 4) is 5.75 Å². The van der Waals surface area contributed by atoms with Gasteiger partial charge in [-0.2, -0.15) is 0 Å². The quantitative estimate of drug-likeness (QED) is 0.919. The Hall–Kier alpha value is -1.80. The first kappa shape index (κ1) is 13.2. The molecule has 2 aromatic rings. The van der Waals surface area contributed by atoms with Gasteiger partial charge in [0.2, 0.25) is 0 Å². The number of rotatable bonds is 3. The highest BCUT2D eigenvalue weighted by Gasteiger charge is 2.51. The van der Waals surface area contributed by atoms with Crippen LogP contribution in [-0.2, 0) is 5.60 Å². The Morgan fingerprint density at radius 1 is 1.05 bits per heavy atom. The molecule has 0 unspecified atom stereocenters. The molecule has 1 aliphatic rings. The van der Waals surface area contributed by atoms with Crippen molar-refractivity contribution in [3.63, 3.8) is 0 Å². The predicted molar refractivity (Wildman–Crippen MR) is 79.9 cm³/mol. The fraction of sp³-hybridized carbons (Fsp3) is 0.333. The van der Waals surface area contributed by atoms with Crippen molar-refractivity contribution >= 4 is 0 Å². The van der Waals surface area contributed by atoms with Crippen molar-refractivity contribution in [3.05, 3.63) is 65.7 Å². The van der Waals surface area contributed by atoms with Gasteiger partial charge in [0.25, 0.3) is 0 Å². The van der Waals surface area contributed by atoms with E-state index in [-0.39, 0.29) is 5.92 Å². The van der Waals surface area contributed by atoms with Gasteiger partial charge < -0.3 is 9.84 Å². The van der Waals surface area contributed by atoms with E-state index in [0.29, 0.717) is 5.92 Å². The Kier molecular flexibility index (Phi) is 3.27. The van der Waals surface area contributed by atoms with E-state index in [1.54, 1.807) is 7.11 Å². The minimum atomic E-state index is -0.689. The molecular formula is C18H20O2. The number of hydrogen-bond acceptors (Lipinski definition) is 2. The molecule has 0 saturated heterocycles. The largest absolute Gasteiger partial charge is 0.497 e. The molecule has 0 radical (unpaired) electrons. The number of methoxy groups -OCH3 is 1. The van der Waals surface area contributed by atoms with Crippen LogP contribution in [0.15, 0.2) is 54.6 Å². The smallest absolute Gasteiger partial charge is 0.118 e. The Labute approximate surface area is 120 Å². The second-order valence-electron chi connectivity index (χ2n) is 5.66. The van der Waals surface area contributed by atoms with Crippen LogP contribution in [0, 0.1) is 5.92 Å². The van der Waals surface area contributed by atoms with Crippen LogP contribution in [0.1, 0.15) is 30.4 Å². The molecule has 1 aliphatic carbocycles. The fourth-order valence-electron chi connectivity index (χ4n) is 3.24. The average Bonchev–Trinajstić information content (AvgIpc) is 2.53. The van der Waals surface area contributed by atoms with Crippen LogP contribution < -0.4 is 4.74 Å². The van der Waals surface area contributed by atoms with E-state index >= 15 is 0 Å². The summed E-state index contributed by atoms with van der Waals surface area (Å²) in [6.07, 6.45) is 0.782. The van der Waals surface area contributed by atoms with Crippen LogP contribution in [0.25, 0.3) is 0 Å². The first-order chi connectivity index (χ1) is 9.65. The molecule has 0 spiro atoms. The Balaban J connectivity index is 1.80. The van der Waals surface area contributed by atoms with Crippen molar-refractivity contribution in [2.75, 3.05) is 7.11 Å². The lowest BCUT2D eigenvalue weighted by Crippen LogP contribution is -2.48. The molecule has 2 heteroatoms. The molecule has 0 amide bonds. The lowest BCUT2D eigenvalue weighted by atomic mass is 9.57. The van der Waals surface area contributed by atoms with Gasteiger partial charge in [0.15, 0.2) is 0 Å². The van der Waals surface area contributed by atoms with Gasteiger partial charge in [0.1, 0.15) is 5.75 Å². The van der Waals surface area contributed by atoms with Crippen LogP contribution in [0.4, 0.5) is 0 Å². The molecule has 104 valence electrons. The number of aliphatic hydroxyl groups is 1. The molecule has 1 saturated carbocycles. The second-order valence-corrected chi connectivity index (χ2v) is 5.66. The fourth-order valence-corrected chi connectivity index (χ4v) is 3.24. The molecular weight excluding hydrogens is 248 g/mol. The summed E-state index contributed by atoms with van der Waals surface area (Å²) in [5.41, 5.74) is 1.61. The highest BCUT2D eigenvalue weighted by molar-refractivity contribution is 5.36. The van der Waals surface area contributed by atoms with Gasteiger partial charge in [0.05, 0.1) is 12.7 Å². The van der Waals surface area contributed by atoms with Crippen LogP contribution in [-0.4, -0.2) is 12.2 Å². The lowest BCUT2D eigenvalue weighted by molar-refractivity contribution is -0.111. The maximum atomic E-state index is 10.9. The predicted octanol–water partition coefficient (Wildman–Crippen LogP) is 3.71. The van der Waals surface area contributed by atoms with Crippen molar-refractivity contribution in [2.24, 2.45) is 5.92 Å². The molecule has 0 aromatic heterocycles. The molecule has 0 heterocycles. The van der Waals surface area contributed by atoms with Gasteiger partial charge in [-0.1, -0.05) is 49.4 Å². The summed E-state index contributed by atoms with van der Waals surface area (Å²) in [6, 6.07) is 18.2. The molecule has 0 aliphatic heterocycles. The minimum absolute atomic E-state index is 0.221. The Morgan fingerprint density at radius 2 is 1.70 bits per heavy atom. The van der Waals surface area contributed by atoms with Gasteiger partial charge >= 0.3 is 0 Å². The van der Waals surface area contributed by atoms with Gasteiger partial charge in [0, 0.05) is 0 Å². The number of hydrogen-bond donors (Lipinski definition) is 1. The summed E-state index contributed by atoms with van der Waals surface area (Å²) in [6.45, 7) is 2.13. The van der Waals surface area contributed by atoms with Crippen LogP contribution in [0.3, 0.4) is 0 Å². The van der Waals surface area contributed by atoms with Crippen molar-refractivity contribution in [2.45, 2.75) is 24.9 Å². The summed E-state index contributed by atoms with van der Waals surface area (Å²) < 4.78 is 5.19. The van der Waals surface area contributed by atoms with E-state index in [2.05, 4.69) is 19.1 Å². The maximum absolute atomic E-state index is 10.9. The van der Waals surface area contributed by atoms with Crippen LogP contribution in [0.2, 0.25) is 0 Å². The first-order valence-electron chi connectivity index (χ1n) is 7.07. The van der Waals surface area contributed by atoms with E-state index in [4.69, 9.17) is 4.74 Å². The van der Waals surface area contributed by atoms with Gasteiger partial charge in [-0.15, -0.1) is 0 Å².